The summed E-state index contributed by atoms with van der Waals surface area (Å²) in [4.78, 5) is 0. The van der Waals surface area contributed by atoms with Crippen LogP contribution in [0.25, 0.3) is 0 Å². The van der Waals surface area contributed by atoms with Crippen LogP contribution in [-0.4, -0.2) is 31.3 Å². The molecule has 0 atom stereocenters. The SMILES string of the molecule is CCCCCCCCO.CCCCOS(=O)(=O)O.[Zn]. The van der Waals surface area contributed by atoms with Crippen molar-refractivity contribution in [2.24, 2.45) is 0 Å². The van der Waals surface area contributed by atoms with E-state index in [9.17, 15) is 8.42 Å². The van der Waals surface area contributed by atoms with E-state index in [1.807, 2.05) is 6.92 Å². The molecule has 114 valence electrons. The van der Waals surface area contributed by atoms with Gasteiger partial charge in [-0.25, -0.2) is 4.18 Å². The maximum absolute atomic E-state index is 9.84. The van der Waals surface area contributed by atoms with E-state index in [1.54, 1.807) is 0 Å². The van der Waals surface area contributed by atoms with Crippen LogP contribution in [0.1, 0.15) is 65.2 Å². The molecule has 0 unspecified atom stereocenters. The zero-order valence-corrected chi connectivity index (χ0v) is 16.1. The molecule has 0 saturated carbocycles. The summed E-state index contributed by atoms with van der Waals surface area (Å²) in [6, 6.07) is 0. The Morgan fingerprint density at radius 1 is 0.895 bits per heavy atom. The van der Waals surface area contributed by atoms with E-state index in [2.05, 4.69) is 11.1 Å². The van der Waals surface area contributed by atoms with Crippen molar-refractivity contribution in [1.29, 1.82) is 0 Å². The molecule has 0 amide bonds. The number of aliphatic hydroxyl groups is 1. The van der Waals surface area contributed by atoms with Gasteiger partial charge in [-0.3, -0.25) is 4.55 Å². The predicted octanol–water partition coefficient (Wildman–Crippen LogP) is 2.94. The summed E-state index contributed by atoms with van der Waals surface area (Å²) in [6.07, 6.45) is 8.98. The Kier molecular flexibility index (Phi) is 23.8. The quantitative estimate of drug-likeness (QED) is 0.360. The first-order valence-corrected chi connectivity index (χ1v) is 8.07. The Labute approximate surface area is 130 Å². The van der Waals surface area contributed by atoms with Gasteiger partial charge in [0.25, 0.3) is 0 Å². The van der Waals surface area contributed by atoms with Gasteiger partial charge in [0, 0.05) is 26.1 Å². The maximum atomic E-state index is 9.84. The molecule has 0 aliphatic heterocycles. The van der Waals surface area contributed by atoms with Crippen molar-refractivity contribution in [3.05, 3.63) is 0 Å². The zero-order chi connectivity index (χ0) is 14.3. The zero-order valence-electron chi connectivity index (χ0n) is 12.3. The minimum atomic E-state index is -4.20. The molecular formula is C12H28O5SZn. The van der Waals surface area contributed by atoms with Gasteiger partial charge in [-0.2, -0.15) is 8.42 Å². The normalized spacial score (nSPS) is 10.3. The molecule has 0 bridgehead atoms. The summed E-state index contributed by atoms with van der Waals surface area (Å²) in [7, 11) is -4.20. The van der Waals surface area contributed by atoms with E-state index in [0.29, 0.717) is 13.0 Å². The number of aliphatic hydroxyl groups excluding tert-OH is 1. The Bertz CT molecular complexity index is 239. The van der Waals surface area contributed by atoms with E-state index in [1.165, 1.54) is 32.1 Å². The van der Waals surface area contributed by atoms with Crippen LogP contribution < -0.4 is 0 Å². The molecule has 0 fully saturated rings. The van der Waals surface area contributed by atoms with Gasteiger partial charge in [0.2, 0.25) is 0 Å². The molecule has 0 aliphatic rings. The summed E-state index contributed by atoms with van der Waals surface area (Å²) in [5.41, 5.74) is 0. The predicted molar refractivity (Wildman–Crippen MR) is 72.9 cm³/mol. The van der Waals surface area contributed by atoms with E-state index in [4.69, 9.17) is 9.66 Å². The third-order valence-electron chi connectivity index (χ3n) is 2.24. The molecule has 0 spiro atoms. The second-order valence-corrected chi connectivity index (χ2v) is 5.19. The van der Waals surface area contributed by atoms with Gasteiger partial charge in [-0.05, 0) is 12.8 Å². The third kappa shape index (κ3) is 32.2. The minimum absolute atomic E-state index is 0. The molecular weight excluding hydrogens is 322 g/mol. The van der Waals surface area contributed by atoms with E-state index < -0.39 is 10.4 Å². The Hall–Kier alpha value is 0.453. The van der Waals surface area contributed by atoms with Gasteiger partial charge in [0.1, 0.15) is 0 Å². The second kappa shape index (κ2) is 18.5. The van der Waals surface area contributed by atoms with Gasteiger partial charge < -0.3 is 5.11 Å². The first kappa shape index (κ1) is 24.5. The summed E-state index contributed by atoms with van der Waals surface area (Å²) in [6.45, 7) is 4.54. The third-order valence-corrected chi connectivity index (χ3v) is 2.71. The molecule has 7 heteroatoms. The summed E-state index contributed by atoms with van der Waals surface area (Å²) in [5.74, 6) is 0. The van der Waals surface area contributed by atoms with Crippen LogP contribution in [0.2, 0.25) is 0 Å². The molecule has 19 heavy (non-hydrogen) atoms. The first-order valence-electron chi connectivity index (χ1n) is 6.70. The molecule has 5 nitrogen and oxygen atoms in total. The van der Waals surface area contributed by atoms with E-state index >= 15 is 0 Å². The number of hydrogen-bond acceptors (Lipinski definition) is 4. The Balaban J connectivity index is -0.000000256. The fraction of sp³-hybridized carbons (Fsp3) is 1.00. The van der Waals surface area contributed by atoms with Crippen molar-refractivity contribution in [2.45, 2.75) is 65.2 Å². The largest absolute Gasteiger partial charge is 0.397 e. The molecule has 0 saturated heterocycles. The number of rotatable bonds is 10. The molecule has 0 aliphatic carbocycles. The number of hydrogen-bond donors (Lipinski definition) is 2. The van der Waals surface area contributed by atoms with Crippen molar-refractivity contribution < 1.29 is 41.7 Å². The van der Waals surface area contributed by atoms with Crippen LogP contribution in [0, 0.1) is 0 Å². The molecule has 2 N–H and O–H groups in total. The first-order chi connectivity index (χ1) is 8.47. The maximum Gasteiger partial charge on any atom is 0.397 e. The molecule has 0 aromatic rings. The minimum Gasteiger partial charge on any atom is -0.396 e. The van der Waals surface area contributed by atoms with Crippen molar-refractivity contribution in [1.82, 2.24) is 0 Å². The van der Waals surface area contributed by atoms with Crippen LogP contribution in [0.5, 0.6) is 0 Å². The fourth-order valence-electron chi connectivity index (χ4n) is 1.20. The average Bonchev–Trinajstić information content (AvgIpc) is 2.29. The standard InChI is InChI=1S/C8H18O.C4H10O4S.Zn/c1-2-3-4-5-6-7-8-9;1-2-3-4-8-9(5,6)7;/h9H,2-8H2,1H3;2-4H2,1H3,(H,5,6,7);. The fourth-order valence-corrected chi connectivity index (χ4v) is 1.53. The van der Waals surface area contributed by atoms with Gasteiger partial charge in [0.05, 0.1) is 6.61 Å². The monoisotopic (exact) mass is 348 g/mol. The van der Waals surface area contributed by atoms with Crippen molar-refractivity contribution >= 4 is 10.4 Å². The smallest absolute Gasteiger partial charge is 0.396 e. The molecule has 0 radical (unpaired) electrons. The molecule has 0 aromatic heterocycles. The van der Waals surface area contributed by atoms with Crippen LogP contribution in [0.4, 0.5) is 0 Å². The van der Waals surface area contributed by atoms with Gasteiger partial charge in [-0.15, -0.1) is 0 Å². The van der Waals surface area contributed by atoms with Crippen LogP contribution >= 0.6 is 0 Å². The van der Waals surface area contributed by atoms with Crippen LogP contribution in [0.15, 0.2) is 0 Å². The van der Waals surface area contributed by atoms with Gasteiger partial charge in [-0.1, -0.05) is 52.4 Å². The molecule has 0 heterocycles. The van der Waals surface area contributed by atoms with Crippen LogP contribution in [0.3, 0.4) is 0 Å². The Morgan fingerprint density at radius 3 is 1.79 bits per heavy atom. The van der Waals surface area contributed by atoms with Crippen molar-refractivity contribution in [2.75, 3.05) is 13.2 Å². The molecule has 0 aromatic carbocycles. The van der Waals surface area contributed by atoms with E-state index in [-0.39, 0.29) is 26.1 Å². The van der Waals surface area contributed by atoms with Crippen LogP contribution in [-0.2, 0) is 34.1 Å². The second-order valence-electron chi connectivity index (χ2n) is 4.09. The molecule has 0 rings (SSSR count). The summed E-state index contributed by atoms with van der Waals surface area (Å²) in [5, 5.41) is 8.42. The number of unbranched alkanes of at least 4 members (excludes halogenated alkanes) is 6. The van der Waals surface area contributed by atoms with E-state index in [0.717, 1.165) is 12.8 Å². The average molecular weight is 350 g/mol. The summed E-state index contributed by atoms with van der Waals surface area (Å²) >= 11 is 0. The summed E-state index contributed by atoms with van der Waals surface area (Å²) < 4.78 is 31.7. The topological polar surface area (TPSA) is 83.8 Å². The van der Waals surface area contributed by atoms with Crippen molar-refractivity contribution in [3.63, 3.8) is 0 Å². The van der Waals surface area contributed by atoms with Gasteiger partial charge in [0.15, 0.2) is 0 Å². The van der Waals surface area contributed by atoms with Crippen molar-refractivity contribution in [3.8, 4) is 0 Å². The van der Waals surface area contributed by atoms with Gasteiger partial charge >= 0.3 is 10.4 Å². The Morgan fingerprint density at radius 2 is 1.37 bits per heavy atom.